The quantitative estimate of drug-likeness (QED) is 0.377. The molecular formula is C25H28N6S. The zero-order valence-electron chi connectivity index (χ0n) is 18.1. The van der Waals surface area contributed by atoms with Crippen molar-refractivity contribution in [2.45, 2.75) is 25.7 Å². The average molecular weight is 445 g/mol. The highest BCUT2D eigenvalue weighted by molar-refractivity contribution is 7.21. The number of benzene rings is 2. The Balaban J connectivity index is 1.34. The van der Waals surface area contributed by atoms with Crippen LogP contribution in [0.1, 0.15) is 25.7 Å². The molecule has 0 aliphatic carbocycles. The van der Waals surface area contributed by atoms with Crippen LogP contribution in [0.4, 0.5) is 11.8 Å². The van der Waals surface area contributed by atoms with E-state index in [0.29, 0.717) is 0 Å². The van der Waals surface area contributed by atoms with Gasteiger partial charge in [-0.25, -0.2) is 9.97 Å². The minimum Gasteiger partial charge on any atom is -0.369 e. The number of aromatic nitrogens is 3. The van der Waals surface area contributed by atoms with Crippen LogP contribution < -0.4 is 11.1 Å². The molecule has 5 rings (SSSR count). The van der Waals surface area contributed by atoms with E-state index in [1.165, 1.54) is 37.1 Å². The number of nitrogens with one attached hydrogen (secondary N) is 1. The standard InChI is InChI=1S/C25H28N6S/c26-25-28-17-20(23(30-25)27-12-7-15-31-13-4-1-5-14-31)18-8-6-9-19(16-18)24-29-21-10-2-3-11-22(21)32-24/h2-3,6,8-11,16-17H,1,4-5,7,12-15H2,(H3,26,27,28,30). The van der Waals surface area contributed by atoms with Gasteiger partial charge in [0.15, 0.2) is 0 Å². The van der Waals surface area contributed by atoms with Crippen LogP contribution in [0.25, 0.3) is 31.9 Å². The fourth-order valence-electron chi connectivity index (χ4n) is 4.25. The van der Waals surface area contributed by atoms with Gasteiger partial charge in [0, 0.05) is 23.9 Å². The molecule has 1 saturated heterocycles. The predicted molar refractivity (Wildman–Crippen MR) is 134 cm³/mol. The van der Waals surface area contributed by atoms with Gasteiger partial charge >= 0.3 is 0 Å². The maximum atomic E-state index is 5.91. The molecule has 1 aliphatic heterocycles. The Morgan fingerprint density at radius 1 is 0.969 bits per heavy atom. The molecule has 1 aliphatic rings. The van der Waals surface area contributed by atoms with Crippen LogP contribution in [0.15, 0.2) is 54.7 Å². The summed E-state index contributed by atoms with van der Waals surface area (Å²) in [5.41, 5.74) is 10.1. The first kappa shape index (κ1) is 20.8. The molecule has 0 spiro atoms. The number of nitrogen functional groups attached to an aromatic ring is 1. The number of likely N-dealkylation sites (tertiary alicyclic amines) is 1. The van der Waals surface area contributed by atoms with Crippen molar-refractivity contribution in [3.8, 4) is 21.7 Å². The lowest BCUT2D eigenvalue weighted by atomic mass is 10.0. The lowest BCUT2D eigenvalue weighted by Gasteiger charge is -2.26. The van der Waals surface area contributed by atoms with Crippen LogP contribution >= 0.6 is 11.3 Å². The second-order valence-corrected chi connectivity index (χ2v) is 9.27. The number of piperidine rings is 1. The van der Waals surface area contributed by atoms with Crippen molar-refractivity contribution in [1.29, 1.82) is 0 Å². The van der Waals surface area contributed by atoms with Gasteiger partial charge in [0.2, 0.25) is 5.95 Å². The highest BCUT2D eigenvalue weighted by atomic mass is 32.1. The molecule has 3 N–H and O–H groups in total. The van der Waals surface area contributed by atoms with Gasteiger partial charge in [-0.15, -0.1) is 11.3 Å². The molecule has 0 saturated carbocycles. The molecule has 2 aromatic heterocycles. The molecular weight excluding hydrogens is 416 g/mol. The van der Waals surface area contributed by atoms with Crippen LogP contribution in [-0.4, -0.2) is 46.0 Å². The zero-order chi connectivity index (χ0) is 21.8. The molecule has 7 heteroatoms. The van der Waals surface area contributed by atoms with Crippen molar-refractivity contribution < 1.29 is 0 Å². The van der Waals surface area contributed by atoms with Gasteiger partial charge in [0.25, 0.3) is 0 Å². The molecule has 164 valence electrons. The highest BCUT2D eigenvalue weighted by Gasteiger charge is 2.13. The van der Waals surface area contributed by atoms with Gasteiger partial charge in [-0.3, -0.25) is 0 Å². The molecule has 0 bridgehead atoms. The SMILES string of the molecule is Nc1ncc(-c2cccc(-c3nc4ccccc4s3)c2)c(NCCCN2CCCCC2)n1. The third-order valence-corrected chi connectivity index (χ3v) is 7.00. The van der Waals surface area contributed by atoms with E-state index < -0.39 is 0 Å². The van der Waals surface area contributed by atoms with E-state index in [1.807, 2.05) is 12.3 Å². The number of thiazole rings is 1. The number of nitrogens with two attached hydrogens (primary N) is 1. The van der Waals surface area contributed by atoms with Crippen molar-refractivity contribution >= 4 is 33.3 Å². The number of para-hydroxylation sites is 1. The number of nitrogens with zero attached hydrogens (tertiary/aromatic N) is 4. The second-order valence-electron chi connectivity index (χ2n) is 8.24. The number of hydrogen-bond acceptors (Lipinski definition) is 7. The third kappa shape index (κ3) is 4.74. The van der Waals surface area contributed by atoms with Gasteiger partial charge in [-0.05, 0) is 62.7 Å². The summed E-state index contributed by atoms with van der Waals surface area (Å²) >= 11 is 1.71. The smallest absolute Gasteiger partial charge is 0.221 e. The minimum absolute atomic E-state index is 0.287. The van der Waals surface area contributed by atoms with Crippen LogP contribution in [0, 0.1) is 0 Å². The number of anilines is 2. The highest BCUT2D eigenvalue weighted by Crippen LogP contribution is 2.34. The first-order valence-electron chi connectivity index (χ1n) is 11.3. The average Bonchev–Trinajstić information content (AvgIpc) is 3.27. The fourth-order valence-corrected chi connectivity index (χ4v) is 5.21. The fraction of sp³-hybridized carbons (Fsp3) is 0.320. The van der Waals surface area contributed by atoms with Crippen LogP contribution in [0.2, 0.25) is 0 Å². The van der Waals surface area contributed by atoms with E-state index in [4.69, 9.17) is 10.7 Å². The molecule has 0 atom stereocenters. The Morgan fingerprint density at radius 2 is 1.81 bits per heavy atom. The van der Waals surface area contributed by atoms with Crippen molar-refractivity contribution in [3.63, 3.8) is 0 Å². The summed E-state index contributed by atoms with van der Waals surface area (Å²) in [4.78, 5) is 16.1. The van der Waals surface area contributed by atoms with Crippen molar-refractivity contribution in [3.05, 3.63) is 54.7 Å². The summed E-state index contributed by atoms with van der Waals surface area (Å²) in [6.07, 6.45) is 6.91. The zero-order valence-corrected chi connectivity index (χ0v) is 18.9. The summed E-state index contributed by atoms with van der Waals surface area (Å²) in [6.45, 7) is 4.43. The summed E-state index contributed by atoms with van der Waals surface area (Å²) in [7, 11) is 0. The Hall–Kier alpha value is -3.03. The second kappa shape index (κ2) is 9.63. The van der Waals surface area contributed by atoms with Gasteiger partial charge < -0.3 is 16.0 Å². The Bertz CT molecular complexity index is 1160. The molecule has 2 aromatic carbocycles. The molecule has 4 aromatic rings. The summed E-state index contributed by atoms with van der Waals surface area (Å²) < 4.78 is 1.19. The molecule has 32 heavy (non-hydrogen) atoms. The minimum atomic E-state index is 0.287. The number of hydrogen-bond donors (Lipinski definition) is 2. The van der Waals surface area contributed by atoms with E-state index in [-0.39, 0.29) is 5.95 Å². The topological polar surface area (TPSA) is 80.0 Å². The van der Waals surface area contributed by atoms with Gasteiger partial charge in [0.1, 0.15) is 10.8 Å². The molecule has 3 heterocycles. The van der Waals surface area contributed by atoms with E-state index in [9.17, 15) is 0 Å². The lowest BCUT2D eigenvalue weighted by Crippen LogP contribution is -2.31. The first-order valence-corrected chi connectivity index (χ1v) is 12.1. The first-order chi connectivity index (χ1) is 15.8. The van der Waals surface area contributed by atoms with E-state index in [0.717, 1.165) is 52.5 Å². The summed E-state index contributed by atoms with van der Waals surface area (Å²) in [5.74, 6) is 1.08. The van der Waals surface area contributed by atoms with Gasteiger partial charge in [0.05, 0.1) is 10.2 Å². The van der Waals surface area contributed by atoms with Crippen molar-refractivity contribution in [2.75, 3.05) is 37.2 Å². The Morgan fingerprint density at radius 3 is 2.69 bits per heavy atom. The van der Waals surface area contributed by atoms with Gasteiger partial charge in [-0.1, -0.05) is 36.8 Å². The van der Waals surface area contributed by atoms with E-state index >= 15 is 0 Å². The predicted octanol–water partition coefficient (Wildman–Crippen LogP) is 5.29. The third-order valence-electron chi connectivity index (χ3n) is 5.91. The van der Waals surface area contributed by atoms with Crippen molar-refractivity contribution in [1.82, 2.24) is 19.9 Å². The maximum Gasteiger partial charge on any atom is 0.221 e. The lowest BCUT2D eigenvalue weighted by molar-refractivity contribution is 0.228. The molecule has 6 nitrogen and oxygen atoms in total. The summed E-state index contributed by atoms with van der Waals surface area (Å²) in [6, 6.07) is 16.7. The van der Waals surface area contributed by atoms with E-state index in [1.54, 1.807) is 11.3 Å². The maximum absolute atomic E-state index is 5.91. The monoisotopic (exact) mass is 444 g/mol. The van der Waals surface area contributed by atoms with Crippen molar-refractivity contribution in [2.24, 2.45) is 0 Å². The Labute approximate surface area is 192 Å². The molecule has 0 radical (unpaired) electrons. The molecule has 1 fully saturated rings. The number of fused-ring (bicyclic) bond motifs is 1. The van der Waals surface area contributed by atoms with E-state index in [2.05, 4.69) is 62.6 Å². The van der Waals surface area contributed by atoms with Crippen LogP contribution in [0.5, 0.6) is 0 Å². The Kier molecular flexibility index (Phi) is 6.27. The molecule has 0 unspecified atom stereocenters. The van der Waals surface area contributed by atoms with Crippen LogP contribution in [0.3, 0.4) is 0 Å². The van der Waals surface area contributed by atoms with Crippen LogP contribution in [-0.2, 0) is 0 Å². The molecule has 0 amide bonds. The van der Waals surface area contributed by atoms with Gasteiger partial charge in [-0.2, -0.15) is 4.98 Å². The summed E-state index contributed by atoms with van der Waals surface area (Å²) in [5, 5.41) is 4.52. The largest absolute Gasteiger partial charge is 0.369 e. The normalized spacial score (nSPS) is 14.6. The number of rotatable bonds is 7.